The molecule has 0 bridgehead atoms. The summed E-state index contributed by atoms with van der Waals surface area (Å²) in [6, 6.07) is 0. The lowest BCUT2D eigenvalue weighted by Gasteiger charge is -2.22. The first-order chi connectivity index (χ1) is 7.15. The molecule has 1 aromatic heterocycles. The van der Waals surface area contributed by atoms with Crippen molar-refractivity contribution >= 4 is 11.7 Å². The molecule has 5 heteroatoms. The zero-order valence-electron chi connectivity index (χ0n) is 9.20. The highest BCUT2D eigenvalue weighted by Gasteiger charge is 2.09. The van der Waals surface area contributed by atoms with Crippen molar-refractivity contribution in [3.8, 4) is 0 Å². The molecule has 0 saturated heterocycles. The highest BCUT2D eigenvalue weighted by atomic mass is 15.2. The second-order valence-electron chi connectivity index (χ2n) is 3.32. The molecule has 0 radical (unpaired) electrons. The average Bonchev–Trinajstić information content (AvgIpc) is 2.21. The molecule has 0 aliphatic carbocycles. The summed E-state index contributed by atoms with van der Waals surface area (Å²) in [6.07, 6.45) is 3.92. The van der Waals surface area contributed by atoms with Gasteiger partial charge >= 0.3 is 0 Å². The zero-order chi connectivity index (χ0) is 11.3. The Kier molecular flexibility index (Phi) is 4.03. The number of aryl methyl sites for hydroxylation is 1. The third kappa shape index (κ3) is 3.19. The van der Waals surface area contributed by atoms with Gasteiger partial charge in [0.05, 0.1) is 11.5 Å². The van der Waals surface area contributed by atoms with Gasteiger partial charge in [-0.1, -0.05) is 0 Å². The summed E-state index contributed by atoms with van der Waals surface area (Å²) in [5, 5.41) is 7.19. The van der Waals surface area contributed by atoms with Crippen LogP contribution in [0.4, 0.5) is 5.82 Å². The van der Waals surface area contributed by atoms with Gasteiger partial charge in [0.25, 0.3) is 0 Å². The summed E-state index contributed by atoms with van der Waals surface area (Å²) in [6.45, 7) is 5.53. The summed E-state index contributed by atoms with van der Waals surface area (Å²) >= 11 is 0. The third-order valence-electron chi connectivity index (χ3n) is 2.19. The van der Waals surface area contributed by atoms with E-state index in [4.69, 9.17) is 11.1 Å². The molecule has 0 spiro atoms. The van der Waals surface area contributed by atoms with E-state index < -0.39 is 0 Å². The van der Waals surface area contributed by atoms with E-state index in [1.807, 2.05) is 13.8 Å². The third-order valence-corrected chi connectivity index (χ3v) is 2.19. The van der Waals surface area contributed by atoms with Gasteiger partial charge in [0.15, 0.2) is 0 Å². The van der Waals surface area contributed by atoms with Crippen molar-refractivity contribution < 1.29 is 0 Å². The van der Waals surface area contributed by atoms with Crippen LogP contribution in [-0.4, -0.2) is 28.9 Å². The van der Waals surface area contributed by atoms with Crippen LogP contribution in [0.2, 0.25) is 0 Å². The molecule has 0 fully saturated rings. The van der Waals surface area contributed by atoms with Gasteiger partial charge in [0.1, 0.15) is 5.82 Å². The predicted molar refractivity (Wildman–Crippen MR) is 61.2 cm³/mol. The molecule has 82 valence electrons. The number of anilines is 1. The number of nitrogens with zero attached hydrogens (tertiary/aromatic N) is 3. The first-order valence-electron chi connectivity index (χ1n) is 5.00. The van der Waals surface area contributed by atoms with E-state index in [2.05, 4.69) is 14.9 Å². The highest BCUT2D eigenvalue weighted by molar-refractivity contribution is 5.77. The smallest absolute Gasteiger partial charge is 0.150 e. The first kappa shape index (κ1) is 11.4. The minimum absolute atomic E-state index is 0.204. The van der Waals surface area contributed by atoms with Crippen LogP contribution in [0.5, 0.6) is 0 Å². The number of aromatic nitrogens is 2. The Balaban J connectivity index is 2.74. The maximum absolute atomic E-state index is 7.19. The van der Waals surface area contributed by atoms with Gasteiger partial charge in [0.2, 0.25) is 0 Å². The van der Waals surface area contributed by atoms with Crippen LogP contribution in [0.1, 0.15) is 19.0 Å². The number of nitrogens with one attached hydrogen (secondary N) is 1. The first-order valence-corrected chi connectivity index (χ1v) is 5.00. The topological polar surface area (TPSA) is 78.9 Å². The number of hydrogen-bond acceptors (Lipinski definition) is 4. The van der Waals surface area contributed by atoms with Crippen LogP contribution >= 0.6 is 0 Å². The minimum Gasteiger partial charge on any atom is -0.388 e. The van der Waals surface area contributed by atoms with Gasteiger partial charge in [-0.3, -0.25) is 10.4 Å². The molecule has 0 amide bonds. The summed E-state index contributed by atoms with van der Waals surface area (Å²) in [4.78, 5) is 10.5. The predicted octanol–water partition coefficient (Wildman–Crippen LogP) is 0.937. The molecule has 0 atom stereocenters. The Morgan fingerprint density at radius 3 is 2.67 bits per heavy atom. The Labute approximate surface area is 89.8 Å². The van der Waals surface area contributed by atoms with Crippen molar-refractivity contribution in [2.45, 2.75) is 20.3 Å². The monoisotopic (exact) mass is 207 g/mol. The van der Waals surface area contributed by atoms with Gasteiger partial charge < -0.3 is 10.6 Å². The second-order valence-corrected chi connectivity index (χ2v) is 3.32. The van der Waals surface area contributed by atoms with Crippen molar-refractivity contribution in [1.82, 2.24) is 9.97 Å². The quantitative estimate of drug-likeness (QED) is 0.556. The lowest BCUT2D eigenvalue weighted by Crippen LogP contribution is -2.29. The largest absolute Gasteiger partial charge is 0.388 e. The van der Waals surface area contributed by atoms with Crippen LogP contribution in [0.15, 0.2) is 12.4 Å². The maximum Gasteiger partial charge on any atom is 0.150 e. The van der Waals surface area contributed by atoms with Crippen molar-refractivity contribution in [3.63, 3.8) is 0 Å². The van der Waals surface area contributed by atoms with Crippen LogP contribution < -0.4 is 10.6 Å². The van der Waals surface area contributed by atoms with Gasteiger partial charge in [0, 0.05) is 31.9 Å². The van der Waals surface area contributed by atoms with E-state index in [9.17, 15) is 0 Å². The average molecular weight is 207 g/mol. The van der Waals surface area contributed by atoms with E-state index in [0.29, 0.717) is 13.0 Å². The SMILES string of the molecule is CCN(CCC(=N)N)c1nccnc1C. The Morgan fingerprint density at radius 2 is 2.13 bits per heavy atom. The lowest BCUT2D eigenvalue weighted by atomic mass is 10.3. The van der Waals surface area contributed by atoms with Gasteiger partial charge in [-0.05, 0) is 13.8 Å². The second kappa shape index (κ2) is 5.29. The van der Waals surface area contributed by atoms with Crippen LogP contribution in [-0.2, 0) is 0 Å². The van der Waals surface area contributed by atoms with Crippen LogP contribution in [0.25, 0.3) is 0 Å². The van der Waals surface area contributed by atoms with E-state index >= 15 is 0 Å². The molecule has 0 aromatic carbocycles. The van der Waals surface area contributed by atoms with Crippen molar-refractivity contribution in [2.75, 3.05) is 18.0 Å². The number of nitrogens with two attached hydrogens (primary N) is 1. The van der Waals surface area contributed by atoms with E-state index in [1.54, 1.807) is 12.4 Å². The maximum atomic E-state index is 7.19. The van der Waals surface area contributed by atoms with E-state index in [0.717, 1.165) is 18.1 Å². The fourth-order valence-corrected chi connectivity index (χ4v) is 1.38. The highest BCUT2D eigenvalue weighted by Crippen LogP contribution is 2.13. The van der Waals surface area contributed by atoms with Gasteiger partial charge in [-0.2, -0.15) is 0 Å². The van der Waals surface area contributed by atoms with Gasteiger partial charge in [-0.15, -0.1) is 0 Å². The molecule has 0 aliphatic rings. The molecule has 1 heterocycles. The van der Waals surface area contributed by atoms with Crippen molar-refractivity contribution in [2.24, 2.45) is 5.73 Å². The Morgan fingerprint density at radius 1 is 1.47 bits per heavy atom. The van der Waals surface area contributed by atoms with Crippen LogP contribution in [0, 0.1) is 12.3 Å². The molecule has 1 rings (SSSR count). The molecule has 0 unspecified atom stereocenters. The van der Waals surface area contributed by atoms with Gasteiger partial charge in [-0.25, -0.2) is 4.98 Å². The van der Waals surface area contributed by atoms with Crippen molar-refractivity contribution in [1.29, 1.82) is 5.41 Å². The zero-order valence-corrected chi connectivity index (χ0v) is 9.20. The fraction of sp³-hybridized carbons (Fsp3) is 0.500. The molecule has 1 aromatic rings. The lowest BCUT2D eigenvalue weighted by molar-refractivity contribution is 0.803. The summed E-state index contributed by atoms with van der Waals surface area (Å²) in [5.74, 6) is 1.08. The molecule has 5 nitrogen and oxygen atoms in total. The molecular formula is C10H17N5. The number of rotatable bonds is 5. The van der Waals surface area contributed by atoms with E-state index in [1.165, 1.54) is 0 Å². The summed E-state index contributed by atoms with van der Waals surface area (Å²) in [7, 11) is 0. The number of hydrogen-bond donors (Lipinski definition) is 2. The van der Waals surface area contributed by atoms with E-state index in [-0.39, 0.29) is 5.84 Å². The molecule has 0 aliphatic heterocycles. The normalized spacial score (nSPS) is 10.0. The minimum atomic E-state index is 0.204. The summed E-state index contributed by atoms with van der Waals surface area (Å²) in [5.41, 5.74) is 6.24. The molecule has 3 N–H and O–H groups in total. The number of amidine groups is 1. The molecule has 15 heavy (non-hydrogen) atoms. The summed E-state index contributed by atoms with van der Waals surface area (Å²) < 4.78 is 0. The fourth-order valence-electron chi connectivity index (χ4n) is 1.38. The Bertz CT molecular complexity index is 336. The van der Waals surface area contributed by atoms with Crippen molar-refractivity contribution in [3.05, 3.63) is 18.1 Å². The molecular weight excluding hydrogens is 190 g/mol. The standard InChI is InChI=1S/C10H17N5/c1-3-15(7-4-9(11)12)10-8(2)13-5-6-14-10/h5-6H,3-4,7H2,1-2H3,(H3,11,12). The van der Waals surface area contributed by atoms with Crippen LogP contribution in [0.3, 0.4) is 0 Å². The Hall–Kier alpha value is -1.65. The molecule has 0 saturated carbocycles.